The van der Waals surface area contributed by atoms with Crippen LogP contribution in [-0.2, 0) is 16.6 Å². The van der Waals surface area contributed by atoms with Crippen molar-refractivity contribution in [1.82, 2.24) is 9.21 Å². The molecule has 1 aliphatic heterocycles. The van der Waals surface area contributed by atoms with Gasteiger partial charge in [-0.15, -0.1) is 0 Å². The first-order valence-corrected chi connectivity index (χ1v) is 13.3. The predicted molar refractivity (Wildman–Crippen MR) is 129 cm³/mol. The third kappa shape index (κ3) is 5.77. The number of sulfonamides is 1. The van der Waals surface area contributed by atoms with E-state index in [2.05, 4.69) is 4.90 Å². The molecule has 8 heteroatoms. The Hall–Kier alpha value is -1.93. The lowest BCUT2D eigenvalue weighted by Gasteiger charge is -2.37. The number of hydrogen-bond donors (Lipinski definition) is 0. The molecule has 2 aromatic rings. The van der Waals surface area contributed by atoms with Crippen molar-refractivity contribution in [3.05, 3.63) is 58.6 Å². The molecule has 2 aliphatic rings. The van der Waals surface area contributed by atoms with Crippen molar-refractivity contribution in [2.75, 3.05) is 26.7 Å². The summed E-state index contributed by atoms with van der Waals surface area (Å²) in [5.41, 5.74) is 1.63. The van der Waals surface area contributed by atoms with Gasteiger partial charge in [-0.2, -0.15) is 0 Å². The Morgan fingerprint density at radius 3 is 2.39 bits per heavy atom. The number of ketones is 1. The van der Waals surface area contributed by atoms with Gasteiger partial charge in [-0.3, -0.25) is 9.69 Å². The Labute approximate surface area is 201 Å². The van der Waals surface area contributed by atoms with E-state index in [1.807, 2.05) is 18.2 Å². The van der Waals surface area contributed by atoms with Crippen LogP contribution < -0.4 is 4.74 Å². The Kier molecular flexibility index (Phi) is 7.43. The summed E-state index contributed by atoms with van der Waals surface area (Å²) >= 11 is 6.49. The average Bonchev–Trinajstić information content (AvgIpc) is 3.27. The van der Waals surface area contributed by atoms with Crippen molar-refractivity contribution in [2.24, 2.45) is 5.92 Å². The maximum absolute atomic E-state index is 12.8. The summed E-state index contributed by atoms with van der Waals surface area (Å²) in [6, 6.07) is 12.0. The highest BCUT2D eigenvalue weighted by molar-refractivity contribution is 7.89. The normalized spacial score (nSPS) is 21.2. The number of likely N-dealkylation sites (tertiary alicyclic amines) is 1. The number of ether oxygens (including phenoxy) is 1. The van der Waals surface area contributed by atoms with Crippen molar-refractivity contribution in [3.8, 4) is 5.75 Å². The summed E-state index contributed by atoms with van der Waals surface area (Å²) in [6.45, 7) is 5.04. The van der Waals surface area contributed by atoms with Crippen LogP contribution in [0.25, 0.3) is 0 Å². The molecular formula is C25H31ClN2O4S. The first kappa shape index (κ1) is 24.2. The van der Waals surface area contributed by atoms with Gasteiger partial charge in [0.1, 0.15) is 5.75 Å². The molecule has 0 unspecified atom stereocenters. The highest BCUT2D eigenvalue weighted by Gasteiger charge is 2.34. The van der Waals surface area contributed by atoms with Gasteiger partial charge in [0.15, 0.2) is 5.78 Å². The first-order chi connectivity index (χ1) is 15.7. The van der Waals surface area contributed by atoms with Crippen LogP contribution in [0.2, 0.25) is 5.02 Å². The van der Waals surface area contributed by atoms with Gasteiger partial charge < -0.3 is 4.74 Å². The zero-order valence-electron chi connectivity index (χ0n) is 19.2. The van der Waals surface area contributed by atoms with E-state index in [-0.39, 0.29) is 22.7 Å². The molecule has 6 nitrogen and oxygen atoms in total. The van der Waals surface area contributed by atoms with Crippen molar-refractivity contribution < 1.29 is 17.9 Å². The minimum absolute atomic E-state index is 0.0708. The van der Waals surface area contributed by atoms with Gasteiger partial charge in [-0.25, -0.2) is 12.7 Å². The van der Waals surface area contributed by atoms with Crippen LogP contribution in [0.4, 0.5) is 0 Å². The summed E-state index contributed by atoms with van der Waals surface area (Å²) in [5.74, 6) is 0.923. The number of Topliss-reactive ketones (excluding diaryl/α,β-unsaturated/α-hetero) is 1. The standard InChI is InChI=1S/C25H31ClN2O4S/c1-18(29)20-6-9-24(10-7-20)33(30,31)27(2)16-19-13-23(14-19)32-22-8-5-21(25(26)15-22)17-28-11-3-4-12-28/h5-10,15,19,23H,3-4,11-14,16-17H2,1-2H3. The van der Waals surface area contributed by atoms with E-state index in [1.54, 1.807) is 19.2 Å². The van der Waals surface area contributed by atoms with Crippen LogP contribution in [0.3, 0.4) is 0 Å². The number of carbonyl (C=O) groups excluding carboxylic acids is 1. The van der Waals surface area contributed by atoms with E-state index in [4.69, 9.17) is 16.3 Å². The van der Waals surface area contributed by atoms with E-state index in [0.29, 0.717) is 12.1 Å². The van der Waals surface area contributed by atoms with Crippen LogP contribution in [0.15, 0.2) is 47.4 Å². The van der Waals surface area contributed by atoms with Crippen LogP contribution in [-0.4, -0.2) is 56.2 Å². The van der Waals surface area contributed by atoms with Crippen LogP contribution >= 0.6 is 11.6 Å². The molecule has 2 aromatic carbocycles. The van der Waals surface area contributed by atoms with E-state index >= 15 is 0 Å². The molecule has 1 aliphatic carbocycles. The Bertz CT molecular complexity index is 1090. The monoisotopic (exact) mass is 490 g/mol. The highest BCUT2D eigenvalue weighted by atomic mass is 35.5. The van der Waals surface area contributed by atoms with Gasteiger partial charge in [-0.05, 0) is 81.4 Å². The number of hydrogen-bond acceptors (Lipinski definition) is 5. The topological polar surface area (TPSA) is 66.9 Å². The molecule has 0 bridgehead atoms. The molecule has 0 aromatic heterocycles. The molecule has 0 spiro atoms. The minimum atomic E-state index is -3.59. The van der Waals surface area contributed by atoms with Crippen LogP contribution in [0, 0.1) is 5.92 Å². The summed E-state index contributed by atoms with van der Waals surface area (Å²) in [4.78, 5) is 14.0. The summed E-state index contributed by atoms with van der Waals surface area (Å²) in [7, 11) is -1.99. The number of rotatable bonds is 9. The summed E-state index contributed by atoms with van der Waals surface area (Å²) in [5, 5.41) is 0.733. The quantitative estimate of drug-likeness (QED) is 0.480. The second-order valence-corrected chi connectivity index (χ2v) is 11.6. The van der Waals surface area contributed by atoms with E-state index in [1.165, 1.54) is 36.2 Å². The molecule has 0 amide bonds. The Morgan fingerprint density at radius 1 is 1.12 bits per heavy atom. The van der Waals surface area contributed by atoms with Crippen molar-refractivity contribution in [1.29, 1.82) is 0 Å². The maximum atomic E-state index is 12.8. The molecule has 0 N–H and O–H groups in total. The molecule has 1 heterocycles. The fourth-order valence-corrected chi connectivity index (χ4v) is 6.00. The Balaban J connectivity index is 1.27. The molecule has 178 valence electrons. The number of benzene rings is 2. The summed E-state index contributed by atoms with van der Waals surface area (Å²) in [6.07, 6.45) is 4.18. The van der Waals surface area contributed by atoms with Gasteiger partial charge in [0.2, 0.25) is 10.0 Å². The number of halogens is 1. The second-order valence-electron chi connectivity index (χ2n) is 9.18. The molecule has 1 saturated heterocycles. The molecule has 4 rings (SSSR count). The SMILES string of the molecule is CC(=O)c1ccc(S(=O)(=O)N(C)CC2CC(Oc3ccc(CN4CCCC4)c(Cl)c3)C2)cc1. The Morgan fingerprint density at radius 2 is 1.79 bits per heavy atom. The lowest BCUT2D eigenvalue weighted by atomic mass is 9.82. The van der Waals surface area contributed by atoms with Gasteiger partial charge in [0, 0.05) is 30.7 Å². The molecule has 1 saturated carbocycles. The predicted octanol–water partition coefficient (Wildman–Crippen LogP) is 4.62. The minimum Gasteiger partial charge on any atom is -0.490 e. The number of nitrogens with zero attached hydrogens (tertiary/aromatic N) is 2. The molecular weight excluding hydrogens is 460 g/mol. The van der Waals surface area contributed by atoms with E-state index in [9.17, 15) is 13.2 Å². The molecule has 33 heavy (non-hydrogen) atoms. The zero-order chi connectivity index (χ0) is 23.6. The lowest BCUT2D eigenvalue weighted by molar-refractivity contribution is 0.0575. The van der Waals surface area contributed by atoms with Gasteiger partial charge >= 0.3 is 0 Å². The molecule has 0 radical (unpaired) electrons. The van der Waals surface area contributed by atoms with Crippen molar-refractivity contribution in [2.45, 2.75) is 50.2 Å². The van der Waals surface area contributed by atoms with E-state index < -0.39 is 10.0 Å². The average molecular weight is 491 g/mol. The third-order valence-corrected chi connectivity index (χ3v) is 8.79. The fraction of sp³-hybridized carbons (Fsp3) is 0.480. The van der Waals surface area contributed by atoms with Gasteiger partial charge in [0.05, 0.1) is 11.0 Å². The molecule has 2 fully saturated rings. The van der Waals surface area contributed by atoms with Crippen molar-refractivity contribution >= 4 is 27.4 Å². The third-order valence-electron chi connectivity index (χ3n) is 6.60. The van der Waals surface area contributed by atoms with E-state index in [0.717, 1.165) is 48.8 Å². The zero-order valence-corrected chi connectivity index (χ0v) is 20.7. The van der Waals surface area contributed by atoms with Gasteiger partial charge in [-0.1, -0.05) is 29.8 Å². The first-order valence-electron chi connectivity index (χ1n) is 11.5. The smallest absolute Gasteiger partial charge is 0.242 e. The second kappa shape index (κ2) is 10.1. The lowest BCUT2D eigenvalue weighted by Crippen LogP contribution is -2.41. The number of carbonyl (C=O) groups is 1. The van der Waals surface area contributed by atoms with Crippen molar-refractivity contribution in [3.63, 3.8) is 0 Å². The van der Waals surface area contributed by atoms with Crippen LogP contribution in [0.5, 0.6) is 5.75 Å². The maximum Gasteiger partial charge on any atom is 0.242 e. The fourth-order valence-electron chi connectivity index (χ4n) is 4.53. The highest BCUT2D eigenvalue weighted by Crippen LogP contribution is 2.34. The largest absolute Gasteiger partial charge is 0.490 e. The van der Waals surface area contributed by atoms with Gasteiger partial charge in [0.25, 0.3) is 0 Å². The summed E-state index contributed by atoms with van der Waals surface area (Å²) < 4.78 is 33.2. The molecule has 0 atom stereocenters. The van der Waals surface area contributed by atoms with Crippen LogP contribution in [0.1, 0.15) is 48.5 Å².